The van der Waals surface area contributed by atoms with E-state index in [4.69, 9.17) is 34.8 Å². The molecule has 0 atom stereocenters. The Morgan fingerprint density at radius 2 is 1.63 bits per heavy atom. The van der Waals surface area contributed by atoms with Crippen molar-refractivity contribution in [3.05, 3.63) is 87.6 Å². The number of rotatable bonds is 6. The lowest BCUT2D eigenvalue weighted by Crippen LogP contribution is -2.38. The molecule has 0 unspecified atom stereocenters. The van der Waals surface area contributed by atoms with Gasteiger partial charge in [-0.1, -0.05) is 53.0 Å². The van der Waals surface area contributed by atoms with Crippen LogP contribution >= 0.6 is 34.8 Å². The lowest BCUT2D eigenvalue weighted by atomic mass is 10.3. The topological polar surface area (TPSA) is 66.5 Å². The summed E-state index contributed by atoms with van der Waals surface area (Å²) in [7, 11) is -4.13. The zero-order chi connectivity index (χ0) is 21.9. The first kappa shape index (κ1) is 22.4. The van der Waals surface area contributed by atoms with Crippen molar-refractivity contribution in [3.63, 3.8) is 0 Å². The van der Waals surface area contributed by atoms with Gasteiger partial charge in [0.2, 0.25) is 5.91 Å². The van der Waals surface area contributed by atoms with Gasteiger partial charge in [0.05, 0.1) is 20.6 Å². The maximum absolute atomic E-state index is 13.3. The molecule has 0 heterocycles. The standard InChI is InChI=1S/C20H14Cl3FN2O3S/c21-13-6-9-19(17(23)10-13)26(30(28,29)15-4-2-1-3-5-15)12-20(27)25-14-7-8-18(24)16(22)11-14/h1-11H,12H2,(H,25,27). The molecule has 0 saturated carbocycles. The lowest BCUT2D eigenvalue weighted by molar-refractivity contribution is -0.114. The number of amides is 1. The quantitative estimate of drug-likeness (QED) is 0.491. The third kappa shape index (κ3) is 5.05. The maximum Gasteiger partial charge on any atom is 0.264 e. The van der Waals surface area contributed by atoms with Crippen molar-refractivity contribution in [2.75, 3.05) is 16.2 Å². The monoisotopic (exact) mass is 486 g/mol. The number of carbonyl (C=O) groups is 1. The van der Waals surface area contributed by atoms with Crippen molar-refractivity contribution in [1.82, 2.24) is 0 Å². The van der Waals surface area contributed by atoms with Gasteiger partial charge in [0.15, 0.2) is 0 Å². The summed E-state index contributed by atoms with van der Waals surface area (Å²) in [5.74, 6) is -1.32. The molecule has 156 valence electrons. The highest BCUT2D eigenvalue weighted by Crippen LogP contribution is 2.32. The summed E-state index contributed by atoms with van der Waals surface area (Å²) in [6, 6.07) is 15.5. The first-order valence-electron chi connectivity index (χ1n) is 8.46. The minimum absolute atomic E-state index is 0.0198. The van der Waals surface area contributed by atoms with Crippen molar-refractivity contribution in [1.29, 1.82) is 0 Å². The van der Waals surface area contributed by atoms with Crippen LogP contribution in [0.4, 0.5) is 15.8 Å². The molecule has 0 aliphatic rings. The van der Waals surface area contributed by atoms with Crippen molar-refractivity contribution in [2.24, 2.45) is 0 Å². The Balaban J connectivity index is 1.97. The molecule has 5 nitrogen and oxygen atoms in total. The van der Waals surface area contributed by atoms with Crippen molar-refractivity contribution >= 4 is 62.1 Å². The van der Waals surface area contributed by atoms with E-state index in [1.807, 2.05) is 0 Å². The van der Waals surface area contributed by atoms with Gasteiger partial charge >= 0.3 is 0 Å². The normalized spacial score (nSPS) is 11.2. The average Bonchev–Trinajstić information content (AvgIpc) is 2.70. The van der Waals surface area contributed by atoms with Crippen molar-refractivity contribution < 1.29 is 17.6 Å². The van der Waals surface area contributed by atoms with Crippen LogP contribution in [-0.2, 0) is 14.8 Å². The van der Waals surface area contributed by atoms with Crippen molar-refractivity contribution in [3.8, 4) is 0 Å². The van der Waals surface area contributed by atoms with Gasteiger partial charge in [-0.05, 0) is 48.5 Å². The second-order valence-corrected chi connectivity index (χ2v) is 9.21. The lowest BCUT2D eigenvalue weighted by Gasteiger charge is -2.25. The minimum atomic E-state index is -4.13. The predicted octanol–water partition coefficient (Wildman–Crippen LogP) is 5.62. The van der Waals surface area contributed by atoms with Gasteiger partial charge in [0, 0.05) is 10.7 Å². The van der Waals surface area contributed by atoms with Gasteiger partial charge in [-0.2, -0.15) is 0 Å². The van der Waals surface area contributed by atoms with E-state index in [-0.39, 0.29) is 26.3 Å². The van der Waals surface area contributed by atoms with E-state index >= 15 is 0 Å². The Morgan fingerprint density at radius 1 is 0.933 bits per heavy atom. The zero-order valence-electron chi connectivity index (χ0n) is 15.2. The summed E-state index contributed by atoms with van der Waals surface area (Å²) in [4.78, 5) is 12.6. The molecule has 1 amide bonds. The number of hydrogen-bond donors (Lipinski definition) is 1. The number of nitrogens with one attached hydrogen (secondary N) is 1. The second kappa shape index (κ2) is 9.22. The average molecular weight is 488 g/mol. The maximum atomic E-state index is 13.3. The fourth-order valence-corrected chi connectivity index (χ4v) is 4.81. The summed E-state index contributed by atoms with van der Waals surface area (Å²) >= 11 is 17.9. The SMILES string of the molecule is O=C(CN(c1ccc(Cl)cc1Cl)S(=O)(=O)c1ccccc1)Nc1ccc(F)c(Cl)c1. The van der Waals surface area contributed by atoms with E-state index in [1.54, 1.807) is 18.2 Å². The second-order valence-electron chi connectivity index (χ2n) is 6.10. The molecule has 3 rings (SSSR count). The highest BCUT2D eigenvalue weighted by Gasteiger charge is 2.28. The molecule has 0 aliphatic heterocycles. The number of benzene rings is 3. The molecule has 10 heteroatoms. The first-order valence-corrected chi connectivity index (χ1v) is 11.0. The van der Waals surface area contributed by atoms with Gasteiger partial charge in [-0.25, -0.2) is 12.8 Å². The van der Waals surface area contributed by atoms with E-state index in [2.05, 4.69) is 5.32 Å². The number of halogens is 4. The van der Waals surface area contributed by atoms with E-state index in [1.165, 1.54) is 42.5 Å². The summed E-state index contributed by atoms with van der Waals surface area (Å²) in [6.07, 6.45) is 0. The Morgan fingerprint density at radius 3 is 2.27 bits per heavy atom. The highest BCUT2D eigenvalue weighted by atomic mass is 35.5. The van der Waals surface area contributed by atoms with E-state index < -0.39 is 28.3 Å². The molecule has 3 aromatic rings. The fourth-order valence-electron chi connectivity index (χ4n) is 2.61. The van der Waals surface area contributed by atoms with E-state index in [9.17, 15) is 17.6 Å². The van der Waals surface area contributed by atoms with Crippen LogP contribution in [0.25, 0.3) is 0 Å². The minimum Gasteiger partial charge on any atom is -0.324 e. The molecule has 0 aliphatic carbocycles. The number of anilines is 2. The Kier molecular flexibility index (Phi) is 6.88. The summed E-state index contributed by atoms with van der Waals surface area (Å²) < 4.78 is 40.7. The van der Waals surface area contributed by atoms with Gasteiger partial charge in [0.1, 0.15) is 12.4 Å². The molecule has 30 heavy (non-hydrogen) atoms. The van der Waals surface area contributed by atoms with Crippen LogP contribution in [0.15, 0.2) is 71.6 Å². The molecule has 0 spiro atoms. The molecular weight excluding hydrogens is 474 g/mol. The molecular formula is C20H14Cl3FN2O3S. The molecule has 0 fully saturated rings. The van der Waals surface area contributed by atoms with E-state index in [0.29, 0.717) is 5.02 Å². The van der Waals surface area contributed by atoms with Crippen molar-refractivity contribution in [2.45, 2.75) is 4.90 Å². The Bertz CT molecular complexity index is 1190. The largest absolute Gasteiger partial charge is 0.324 e. The van der Waals surface area contributed by atoms with Crippen LogP contribution in [0.5, 0.6) is 0 Å². The number of carbonyl (C=O) groups excluding carboxylic acids is 1. The molecule has 0 aromatic heterocycles. The third-order valence-electron chi connectivity index (χ3n) is 4.00. The highest BCUT2D eigenvalue weighted by molar-refractivity contribution is 7.92. The first-order chi connectivity index (χ1) is 14.2. The van der Waals surface area contributed by atoms with Gasteiger partial charge in [-0.3, -0.25) is 9.10 Å². The smallest absolute Gasteiger partial charge is 0.264 e. The zero-order valence-corrected chi connectivity index (χ0v) is 18.2. The van der Waals surface area contributed by atoms with Crippen LogP contribution in [0.2, 0.25) is 15.1 Å². The molecule has 1 N–H and O–H groups in total. The Hall–Kier alpha value is -2.32. The van der Waals surface area contributed by atoms with Crippen LogP contribution in [0, 0.1) is 5.82 Å². The van der Waals surface area contributed by atoms with Gasteiger partial charge in [0.25, 0.3) is 10.0 Å². The summed E-state index contributed by atoms with van der Waals surface area (Å²) in [5.41, 5.74) is 0.294. The molecule has 0 saturated heterocycles. The number of sulfonamides is 1. The molecule has 0 bridgehead atoms. The van der Waals surface area contributed by atoms with Crippen LogP contribution in [0.3, 0.4) is 0 Å². The van der Waals surface area contributed by atoms with Crippen LogP contribution in [0.1, 0.15) is 0 Å². The predicted molar refractivity (Wildman–Crippen MR) is 117 cm³/mol. The van der Waals surface area contributed by atoms with Gasteiger partial charge < -0.3 is 5.32 Å². The van der Waals surface area contributed by atoms with Gasteiger partial charge in [-0.15, -0.1) is 0 Å². The van der Waals surface area contributed by atoms with Crippen LogP contribution in [-0.4, -0.2) is 20.9 Å². The summed E-state index contributed by atoms with van der Waals surface area (Å²) in [6.45, 7) is -0.590. The Labute approximate surface area is 188 Å². The number of nitrogens with zero attached hydrogens (tertiary/aromatic N) is 1. The number of hydrogen-bond acceptors (Lipinski definition) is 3. The van der Waals surface area contributed by atoms with E-state index in [0.717, 1.165) is 10.4 Å². The summed E-state index contributed by atoms with van der Waals surface area (Å²) in [5, 5.41) is 2.69. The van der Waals surface area contributed by atoms with Crippen LogP contribution < -0.4 is 9.62 Å². The fraction of sp³-hybridized carbons (Fsp3) is 0.0500. The third-order valence-corrected chi connectivity index (χ3v) is 6.60. The molecule has 0 radical (unpaired) electrons. The molecule has 3 aromatic carbocycles.